The zero-order chi connectivity index (χ0) is 28.0. The van der Waals surface area contributed by atoms with Crippen molar-refractivity contribution in [1.29, 1.82) is 0 Å². The molecule has 1 unspecified atom stereocenters. The van der Waals surface area contributed by atoms with E-state index in [1.54, 1.807) is 24.3 Å². The molecule has 10 nitrogen and oxygen atoms in total. The van der Waals surface area contributed by atoms with Crippen molar-refractivity contribution < 1.29 is 32.2 Å². The summed E-state index contributed by atoms with van der Waals surface area (Å²) in [6.07, 6.45) is -0.196. The molecular formula is C29H31N3O7S. The van der Waals surface area contributed by atoms with E-state index in [2.05, 4.69) is 5.32 Å². The summed E-state index contributed by atoms with van der Waals surface area (Å²) < 4.78 is 43.9. The number of hydrogen-bond donors (Lipinski definition) is 1. The molecule has 1 atom stereocenters. The van der Waals surface area contributed by atoms with Crippen molar-refractivity contribution in [2.24, 2.45) is 0 Å². The first-order chi connectivity index (χ1) is 19.4. The predicted molar refractivity (Wildman–Crippen MR) is 148 cm³/mol. The fourth-order valence-corrected chi connectivity index (χ4v) is 5.97. The van der Waals surface area contributed by atoms with E-state index in [9.17, 15) is 18.0 Å². The van der Waals surface area contributed by atoms with E-state index < -0.39 is 16.1 Å². The Morgan fingerprint density at radius 1 is 0.925 bits per heavy atom. The third kappa shape index (κ3) is 6.44. The van der Waals surface area contributed by atoms with Crippen LogP contribution in [0.5, 0.6) is 11.5 Å². The molecule has 0 aromatic heterocycles. The molecule has 0 aliphatic carbocycles. The number of para-hydroxylation sites is 2. The Hall–Kier alpha value is -3.93. The smallest absolute Gasteiger partial charge is 0.265 e. The van der Waals surface area contributed by atoms with E-state index in [0.29, 0.717) is 56.5 Å². The SMILES string of the molecule is O=C(NCCc1ccccc1)C1CN(C(=O)COc2ccc(S(=O)(=O)N3CCOCC3)cc2)c2ccccc2O1. The Bertz CT molecular complexity index is 1430. The van der Waals surface area contributed by atoms with Crippen molar-refractivity contribution in [2.45, 2.75) is 17.4 Å². The second kappa shape index (κ2) is 12.5. The molecule has 0 bridgehead atoms. The first kappa shape index (κ1) is 27.6. The summed E-state index contributed by atoms with van der Waals surface area (Å²) in [7, 11) is -3.63. The highest BCUT2D eigenvalue weighted by Gasteiger charge is 2.34. The molecule has 2 amide bonds. The maximum absolute atomic E-state index is 13.2. The van der Waals surface area contributed by atoms with Crippen LogP contribution >= 0.6 is 0 Å². The third-order valence-electron chi connectivity index (χ3n) is 6.72. The number of rotatable bonds is 9. The Kier molecular flexibility index (Phi) is 8.63. The normalized spacial score (nSPS) is 17.4. The summed E-state index contributed by atoms with van der Waals surface area (Å²) >= 11 is 0. The number of anilines is 1. The van der Waals surface area contributed by atoms with Crippen LogP contribution in [0.2, 0.25) is 0 Å². The van der Waals surface area contributed by atoms with Crippen LogP contribution < -0.4 is 19.7 Å². The van der Waals surface area contributed by atoms with E-state index in [-0.39, 0.29) is 29.9 Å². The van der Waals surface area contributed by atoms with Crippen LogP contribution in [0.4, 0.5) is 5.69 Å². The number of ether oxygens (including phenoxy) is 3. The van der Waals surface area contributed by atoms with Crippen LogP contribution in [-0.2, 0) is 30.8 Å². The lowest BCUT2D eigenvalue weighted by Crippen LogP contribution is -2.52. The summed E-state index contributed by atoms with van der Waals surface area (Å²) in [5.41, 5.74) is 1.66. The molecule has 3 aromatic rings. The number of carbonyl (C=O) groups excluding carboxylic acids is 2. The summed E-state index contributed by atoms with van der Waals surface area (Å²) in [5.74, 6) is 0.123. The highest BCUT2D eigenvalue weighted by atomic mass is 32.2. The van der Waals surface area contributed by atoms with Gasteiger partial charge in [-0.15, -0.1) is 0 Å². The number of amides is 2. The number of fused-ring (bicyclic) bond motifs is 1. The largest absolute Gasteiger partial charge is 0.484 e. The summed E-state index contributed by atoms with van der Waals surface area (Å²) in [4.78, 5) is 27.8. The number of carbonyl (C=O) groups is 2. The van der Waals surface area contributed by atoms with Gasteiger partial charge in [-0.25, -0.2) is 8.42 Å². The van der Waals surface area contributed by atoms with Crippen molar-refractivity contribution in [3.05, 3.63) is 84.4 Å². The average molecular weight is 566 g/mol. The van der Waals surface area contributed by atoms with Crippen molar-refractivity contribution in [3.8, 4) is 11.5 Å². The number of morpholine rings is 1. The maximum atomic E-state index is 13.2. The number of nitrogens with one attached hydrogen (secondary N) is 1. The lowest BCUT2D eigenvalue weighted by molar-refractivity contribution is -0.128. The Morgan fingerprint density at radius 3 is 2.38 bits per heavy atom. The molecule has 0 saturated carbocycles. The summed E-state index contributed by atoms with van der Waals surface area (Å²) in [5, 5.41) is 2.90. The molecule has 1 saturated heterocycles. The monoisotopic (exact) mass is 565 g/mol. The highest BCUT2D eigenvalue weighted by Crippen LogP contribution is 2.33. The summed E-state index contributed by atoms with van der Waals surface area (Å²) in [6, 6.07) is 22.8. The Morgan fingerprint density at radius 2 is 1.62 bits per heavy atom. The van der Waals surface area contributed by atoms with Gasteiger partial charge in [0.15, 0.2) is 12.7 Å². The lowest BCUT2D eigenvalue weighted by atomic mass is 10.1. The average Bonchev–Trinajstić information content (AvgIpc) is 3.00. The van der Waals surface area contributed by atoms with E-state index in [1.165, 1.54) is 33.5 Å². The predicted octanol–water partition coefficient (Wildman–Crippen LogP) is 2.24. The van der Waals surface area contributed by atoms with Crippen molar-refractivity contribution in [1.82, 2.24) is 9.62 Å². The quantitative estimate of drug-likeness (QED) is 0.423. The highest BCUT2D eigenvalue weighted by molar-refractivity contribution is 7.89. The molecule has 1 N–H and O–H groups in total. The second-order valence-electron chi connectivity index (χ2n) is 9.38. The van der Waals surface area contributed by atoms with Crippen molar-refractivity contribution in [3.63, 3.8) is 0 Å². The zero-order valence-electron chi connectivity index (χ0n) is 21.9. The molecule has 1 fully saturated rings. The maximum Gasteiger partial charge on any atom is 0.265 e. The molecule has 2 aliphatic rings. The van der Waals surface area contributed by atoms with E-state index in [0.717, 1.165) is 5.56 Å². The van der Waals surface area contributed by atoms with Crippen LogP contribution in [0.15, 0.2) is 83.8 Å². The minimum Gasteiger partial charge on any atom is -0.484 e. The van der Waals surface area contributed by atoms with Gasteiger partial charge < -0.3 is 24.4 Å². The van der Waals surface area contributed by atoms with Crippen molar-refractivity contribution >= 4 is 27.5 Å². The van der Waals surface area contributed by atoms with E-state index in [4.69, 9.17) is 14.2 Å². The number of sulfonamides is 1. The third-order valence-corrected chi connectivity index (χ3v) is 8.63. The van der Waals surface area contributed by atoms with Crippen LogP contribution in [0, 0.1) is 0 Å². The van der Waals surface area contributed by atoms with Gasteiger partial charge in [-0.3, -0.25) is 9.59 Å². The van der Waals surface area contributed by atoms with Gasteiger partial charge in [0.2, 0.25) is 10.0 Å². The Balaban J connectivity index is 1.20. The molecule has 3 aromatic carbocycles. The molecule has 11 heteroatoms. The minimum absolute atomic E-state index is 0.0348. The molecule has 0 spiro atoms. The molecule has 5 rings (SSSR count). The fourth-order valence-electron chi connectivity index (χ4n) is 4.56. The number of hydrogen-bond acceptors (Lipinski definition) is 7. The van der Waals surface area contributed by atoms with Crippen LogP contribution in [0.3, 0.4) is 0 Å². The van der Waals surface area contributed by atoms with Gasteiger partial charge in [0.25, 0.3) is 11.8 Å². The van der Waals surface area contributed by atoms with Gasteiger partial charge in [-0.2, -0.15) is 4.31 Å². The first-order valence-corrected chi connectivity index (χ1v) is 14.5. The molecule has 210 valence electrons. The second-order valence-corrected chi connectivity index (χ2v) is 11.3. The van der Waals surface area contributed by atoms with Gasteiger partial charge in [0, 0.05) is 19.6 Å². The van der Waals surface area contributed by atoms with Crippen molar-refractivity contribution in [2.75, 3.05) is 50.9 Å². The van der Waals surface area contributed by atoms with Gasteiger partial charge in [0.1, 0.15) is 11.5 Å². The van der Waals surface area contributed by atoms with Gasteiger partial charge in [0.05, 0.1) is 30.3 Å². The Labute approximate surface area is 233 Å². The van der Waals surface area contributed by atoms with Crippen LogP contribution in [0.25, 0.3) is 0 Å². The molecular weight excluding hydrogens is 534 g/mol. The minimum atomic E-state index is -3.63. The standard InChI is InChI=1S/C29H31N3O7S/c33-28(21-38-23-10-12-24(13-11-23)40(35,36)31-16-18-37-19-17-31)32-20-27(39-26-9-5-4-8-25(26)32)29(34)30-15-14-22-6-2-1-3-7-22/h1-13,27H,14-21H2,(H,30,34). The van der Waals surface area contributed by atoms with Crippen LogP contribution in [-0.4, -0.2) is 76.6 Å². The van der Waals surface area contributed by atoms with E-state index >= 15 is 0 Å². The van der Waals surface area contributed by atoms with Crippen LogP contribution in [0.1, 0.15) is 5.56 Å². The van der Waals surface area contributed by atoms with Gasteiger partial charge >= 0.3 is 0 Å². The lowest BCUT2D eigenvalue weighted by Gasteiger charge is -2.34. The fraction of sp³-hybridized carbons (Fsp3) is 0.310. The van der Waals surface area contributed by atoms with Gasteiger partial charge in [-0.05, 0) is 48.4 Å². The zero-order valence-corrected chi connectivity index (χ0v) is 22.7. The molecule has 40 heavy (non-hydrogen) atoms. The summed E-state index contributed by atoms with van der Waals surface area (Å²) in [6.45, 7) is 1.52. The number of benzene rings is 3. The molecule has 0 radical (unpaired) electrons. The topological polar surface area (TPSA) is 114 Å². The number of nitrogens with zero attached hydrogens (tertiary/aromatic N) is 2. The first-order valence-electron chi connectivity index (χ1n) is 13.1. The molecule has 2 aliphatic heterocycles. The van der Waals surface area contributed by atoms with Gasteiger partial charge in [-0.1, -0.05) is 42.5 Å². The van der Waals surface area contributed by atoms with E-state index in [1.807, 2.05) is 30.3 Å². The molecule has 2 heterocycles.